The average Bonchev–Trinajstić information content (AvgIpc) is 2.72. The number of rotatable bonds is 15. The summed E-state index contributed by atoms with van der Waals surface area (Å²) < 4.78 is 13.5. The Labute approximate surface area is 212 Å². The van der Waals surface area contributed by atoms with Gasteiger partial charge in [0, 0.05) is 10.8 Å². The van der Waals surface area contributed by atoms with Crippen molar-refractivity contribution in [3.63, 3.8) is 0 Å². The molecule has 0 fully saturated rings. The van der Waals surface area contributed by atoms with Crippen LogP contribution >= 0.6 is 0 Å². The lowest BCUT2D eigenvalue weighted by Crippen LogP contribution is -2.57. The van der Waals surface area contributed by atoms with E-state index in [2.05, 4.69) is 61.2 Å². The van der Waals surface area contributed by atoms with Crippen molar-refractivity contribution >= 4 is 28.4 Å². The van der Waals surface area contributed by atoms with Crippen LogP contribution in [0.25, 0.3) is 0 Å². The fourth-order valence-corrected chi connectivity index (χ4v) is 9.02. The van der Waals surface area contributed by atoms with Gasteiger partial charge in [-0.1, -0.05) is 82.2 Å². The average molecular weight is 515 g/mol. The monoisotopic (exact) mass is 514 g/mol. The van der Waals surface area contributed by atoms with E-state index in [-0.39, 0.29) is 29.3 Å². The van der Waals surface area contributed by atoms with Crippen molar-refractivity contribution in [2.24, 2.45) is 16.7 Å². The molecule has 0 amide bonds. The molecule has 0 saturated carbocycles. The lowest BCUT2D eigenvalue weighted by Gasteiger charge is -2.49. The second kappa shape index (κ2) is 12.0. The summed E-state index contributed by atoms with van der Waals surface area (Å²) in [5.41, 5.74) is -1.85. The van der Waals surface area contributed by atoms with Crippen LogP contribution in [0.5, 0.6) is 0 Å². The molecule has 0 aromatic rings. The molecule has 0 aliphatic heterocycles. The molecule has 0 aromatic heterocycles. The van der Waals surface area contributed by atoms with Crippen LogP contribution in [0.2, 0.25) is 36.3 Å². The highest BCUT2D eigenvalue weighted by atomic mass is 28.4. The van der Waals surface area contributed by atoms with E-state index in [9.17, 15) is 14.7 Å². The lowest BCUT2D eigenvalue weighted by atomic mass is 9.66. The summed E-state index contributed by atoms with van der Waals surface area (Å²) in [7, 11) is -4.33. The van der Waals surface area contributed by atoms with Crippen molar-refractivity contribution in [3.05, 3.63) is 12.7 Å². The predicted molar refractivity (Wildman–Crippen MR) is 148 cm³/mol. The third-order valence-electron chi connectivity index (χ3n) is 8.45. The fourth-order valence-electron chi connectivity index (χ4n) is 4.54. The number of carbonyl (C=O) groups excluding carboxylic acids is 1. The molecule has 3 atom stereocenters. The number of aliphatic carboxylic acids is 1. The van der Waals surface area contributed by atoms with Gasteiger partial charge in [-0.25, -0.2) is 0 Å². The van der Waals surface area contributed by atoms with Crippen LogP contribution in [0.1, 0.15) is 82.6 Å². The highest BCUT2D eigenvalue weighted by Gasteiger charge is 2.53. The second-order valence-corrected chi connectivity index (χ2v) is 22.1. The van der Waals surface area contributed by atoms with Gasteiger partial charge < -0.3 is 14.0 Å². The maximum Gasteiger partial charge on any atom is 0.305 e. The number of carbonyl (C=O) groups is 2. The van der Waals surface area contributed by atoms with Gasteiger partial charge in [0.1, 0.15) is 5.78 Å². The third-order valence-corrected chi connectivity index (χ3v) is 17.6. The van der Waals surface area contributed by atoms with Gasteiger partial charge in [-0.05, 0) is 42.2 Å². The molecule has 7 heteroatoms. The molecule has 0 bridgehead atoms. The van der Waals surface area contributed by atoms with Crippen molar-refractivity contribution in [2.75, 3.05) is 0 Å². The standard InChI is InChI=1S/C27H54O5Si2/c1-15-20(5)23(32-33(13,14)25(6,7)8)27(11,12)24(30)26(9,10)21(19-22(28)29)31-34(16-2,17-3)18-4/h15,20-21,23H,1,16-19H2,2-14H3,(H,28,29)/t20-,21-,23?/m0/s1. The molecule has 0 aromatic carbocycles. The zero-order valence-electron chi connectivity index (χ0n) is 24.4. The highest BCUT2D eigenvalue weighted by molar-refractivity contribution is 6.74. The Kier molecular flexibility index (Phi) is 11.7. The number of carboxylic acids is 1. The van der Waals surface area contributed by atoms with E-state index >= 15 is 0 Å². The number of hydrogen-bond acceptors (Lipinski definition) is 4. The topological polar surface area (TPSA) is 72.8 Å². The Bertz CT molecular complexity index is 694. The summed E-state index contributed by atoms with van der Waals surface area (Å²) in [5.74, 6) is -1.00. The predicted octanol–water partition coefficient (Wildman–Crippen LogP) is 7.69. The molecule has 0 saturated heterocycles. The number of ketones is 1. The molecular weight excluding hydrogens is 460 g/mol. The summed E-state index contributed by atoms with van der Waals surface area (Å²) in [6, 6.07) is 2.69. The van der Waals surface area contributed by atoms with E-state index in [0.717, 1.165) is 18.1 Å². The first-order valence-electron chi connectivity index (χ1n) is 12.9. The SMILES string of the molecule is C=C[C@H](C)C(O[Si](C)(C)C(C)(C)C)C(C)(C)C(=O)C(C)(C)[C@H](CC(=O)O)O[Si](CC)(CC)CC. The van der Waals surface area contributed by atoms with E-state index in [1.165, 1.54) is 0 Å². The minimum atomic E-state index is -2.19. The molecular formula is C27H54O5Si2. The van der Waals surface area contributed by atoms with E-state index in [1.54, 1.807) is 0 Å². The van der Waals surface area contributed by atoms with E-state index in [4.69, 9.17) is 8.85 Å². The lowest BCUT2D eigenvalue weighted by molar-refractivity contribution is -0.151. The van der Waals surface area contributed by atoms with E-state index < -0.39 is 39.5 Å². The minimum absolute atomic E-state index is 0.00960. The minimum Gasteiger partial charge on any atom is -0.481 e. The van der Waals surface area contributed by atoms with Gasteiger partial charge in [-0.2, -0.15) is 0 Å². The highest BCUT2D eigenvalue weighted by Crippen LogP contribution is 2.45. The first-order chi connectivity index (χ1) is 15.2. The Hall–Kier alpha value is -0.766. The second-order valence-electron chi connectivity index (χ2n) is 12.6. The van der Waals surface area contributed by atoms with Crippen LogP contribution in [0.3, 0.4) is 0 Å². The Morgan fingerprint density at radius 1 is 0.912 bits per heavy atom. The molecule has 1 N–H and O–H groups in total. The molecule has 0 heterocycles. The largest absolute Gasteiger partial charge is 0.481 e. The Morgan fingerprint density at radius 3 is 1.68 bits per heavy atom. The van der Waals surface area contributed by atoms with Crippen LogP contribution in [0.15, 0.2) is 12.7 Å². The first kappa shape index (κ1) is 33.2. The summed E-state index contributed by atoms with van der Waals surface area (Å²) >= 11 is 0. The first-order valence-corrected chi connectivity index (χ1v) is 18.4. The molecule has 1 unspecified atom stereocenters. The van der Waals surface area contributed by atoms with Gasteiger partial charge in [0.2, 0.25) is 0 Å². The molecule has 34 heavy (non-hydrogen) atoms. The van der Waals surface area contributed by atoms with Gasteiger partial charge >= 0.3 is 5.97 Å². The van der Waals surface area contributed by atoms with Crippen molar-refractivity contribution < 1.29 is 23.5 Å². The summed E-state index contributed by atoms with van der Waals surface area (Å²) in [5, 5.41) is 9.71. The van der Waals surface area contributed by atoms with Gasteiger partial charge in [0.15, 0.2) is 16.6 Å². The molecule has 0 radical (unpaired) electrons. The van der Waals surface area contributed by atoms with Crippen LogP contribution in [-0.4, -0.2) is 45.7 Å². The number of carboxylic acid groups (broad SMARTS) is 1. The fraction of sp³-hybridized carbons (Fsp3) is 0.852. The van der Waals surface area contributed by atoms with Crippen molar-refractivity contribution in [2.45, 2.75) is 131 Å². The van der Waals surface area contributed by atoms with Crippen LogP contribution < -0.4 is 0 Å². The van der Waals surface area contributed by atoms with Crippen molar-refractivity contribution in [1.82, 2.24) is 0 Å². The molecule has 0 aliphatic carbocycles. The molecule has 5 nitrogen and oxygen atoms in total. The quantitative estimate of drug-likeness (QED) is 0.179. The molecule has 0 rings (SSSR count). The normalized spacial score (nSPS) is 16.6. The van der Waals surface area contributed by atoms with Crippen LogP contribution in [0.4, 0.5) is 0 Å². The van der Waals surface area contributed by atoms with Gasteiger partial charge in [-0.3, -0.25) is 9.59 Å². The van der Waals surface area contributed by atoms with Gasteiger partial charge in [0.25, 0.3) is 0 Å². The molecule has 200 valence electrons. The molecule has 0 spiro atoms. The summed E-state index contributed by atoms with van der Waals surface area (Å²) in [6.45, 7) is 30.9. The number of hydrogen-bond donors (Lipinski definition) is 1. The zero-order valence-corrected chi connectivity index (χ0v) is 26.4. The van der Waals surface area contributed by atoms with Gasteiger partial charge in [-0.15, -0.1) is 6.58 Å². The van der Waals surface area contributed by atoms with Crippen molar-refractivity contribution in [3.8, 4) is 0 Å². The summed E-state index contributed by atoms with van der Waals surface area (Å²) in [6.07, 6.45) is 0.618. The van der Waals surface area contributed by atoms with Gasteiger partial charge in [0.05, 0.1) is 18.6 Å². The maximum atomic E-state index is 14.3. The summed E-state index contributed by atoms with van der Waals surface area (Å²) in [4.78, 5) is 26.2. The third kappa shape index (κ3) is 7.61. The van der Waals surface area contributed by atoms with Crippen molar-refractivity contribution in [1.29, 1.82) is 0 Å². The Balaban J connectivity index is 6.49. The smallest absolute Gasteiger partial charge is 0.305 e. The maximum absolute atomic E-state index is 14.3. The van der Waals surface area contributed by atoms with Crippen LogP contribution in [-0.2, 0) is 18.4 Å². The van der Waals surface area contributed by atoms with E-state index in [1.807, 2.05) is 40.7 Å². The van der Waals surface area contributed by atoms with E-state index in [0.29, 0.717) is 0 Å². The zero-order chi connectivity index (χ0) is 27.3. The molecule has 0 aliphatic rings. The Morgan fingerprint density at radius 2 is 1.35 bits per heavy atom. The number of Topliss-reactive ketones (excluding diaryl/α,β-unsaturated/α-hetero) is 1. The van der Waals surface area contributed by atoms with Crippen LogP contribution in [0, 0.1) is 16.7 Å².